The summed E-state index contributed by atoms with van der Waals surface area (Å²) in [4.78, 5) is 17.5. The van der Waals surface area contributed by atoms with Crippen LogP contribution in [-0.4, -0.2) is 32.2 Å². The van der Waals surface area contributed by atoms with Crippen LogP contribution in [0.2, 0.25) is 0 Å². The van der Waals surface area contributed by atoms with Gasteiger partial charge in [0.15, 0.2) is 5.16 Å². The van der Waals surface area contributed by atoms with Crippen LogP contribution in [0.25, 0.3) is 0 Å². The lowest BCUT2D eigenvalue weighted by Crippen LogP contribution is -2.34. The predicted octanol–water partition coefficient (Wildman–Crippen LogP) is 4.14. The van der Waals surface area contributed by atoms with Crippen LogP contribution in [0.1, 0.15) is 48.7 Å². The fourth-order valence-electron chi connectivity index (χ4n) is 4.31. The number of nitrogens with zero attached hydrogens (tertiary/aromatic N) is 4. The molecule has 0 spiro atoms. The Labute approximate surface area is 187 Å². The van der Waals surface area contributed by atoms with Gasteiger partial charge in [0.25, 0.3) is 0 Å². The van der Waals surface area contributed by atoms with Crippen molar-refractivity contribution in [3.8, 4) is 0 Å². The molecule has 1 saturated carbocycles. The molecule has 2 aromatic heterocycles. The summed E-state index contributed by atoms with van der Waals surface area (Å²) in [6.45, 7) is 0.561. The maximum absolute atomic E-state index is 13.1. The largest absolute Gasteiger partial charge is 0.355 e. The smallest absolute Gasteiger partial charge is 0.227 e. The molecule has 1 aliphatic carbocycles. The second kappa shape index (κ2) is 10.6. The molecule has 1 aliphatic rings. The number of thioether (sulfide) groups is 1. The number of hydrogen-bond donors (Lipinski definition) is 1. The summed E-state index contributed by atoms with van der Waals surface area (Å²) in [5.74, 6) is 2.13. The van der Waals surface area contributed by atoms with E-state index in [1.54, 1.807) is 18.0 Å². The number of carbonyl (C=O) groups excluding carboxylic acids is 1. The average Bonchev–Trinajstić information content (AvgIpc) is 3.45. The van der Waals surface area contributed by atoms with E-state index in [0.29, 0.717) is 18.9 Å². The van der Waals surface area contributed by atoms with Crippen LogP contribution in [0, 0.1) is 5.92 Å². The highest BCUT2D eigenvalue weighted by atomic mass is 32.2. The number of hydrogen-bond acceptors (Lipinski definition) is 5. The van der Waals surface area contributed by atoms with Crippen molar-refractivity contribution in [2.24, 2.45) is 13.0 Å². The third-order valence-electron chi connectivity index (χ3n) is 5.96. The fourth-order valence-corrected chi connectivity index (χ4v) is 5.15. The van der Waals surface area contributed by atoms with Crippen LogP contribution < -0.4 is 5.32 Å². The molecule has 2 heterocycles. The molecule has 0 bridgehead atoms. The van der Waals surface area contributed by atoms with E-state index in [-0.39, 0.29) is 11.8 Å². The Morgan fingerprint density at radius 2 is 1.90 bits per heavy atom. The van der Waals surface area contributed by atoms with Crippen molar-refractivity contribution in [3.05, 3.63) is 71.8 Å². The Balaban J connectivity index is 1.33. The van der Waals surface area contributed by atoms with Crippen LogP contribution in [0.5, 0.6) is 0 Å². The fraction of sp³-hybridized carbons (Fsp3) is 0.417. The van der Waals surface area contributed by atoms with Crippen LogP contribution in [-0.2, 0) is 24.0 Å². The predicted molar refractivity (Wildman–Crippen MR) is 123 cm³/mol. The lowest BCUT2D eigenvalue weighted by atomic mass is 9.84. The van der Waals surface area contributed by atoms with E-state index in [4.69, 9.17) is 0 Å². The van der Waals surface area contributed by atoms with Gasteiger partial charge in [-0.1, -0.05) is 61.0 Å². The summed E-state index contributed by atoms with van der Waals surface area (Å²) in [5, 5.41) is 12.7. The minimum absolute atomic E-state index is 0.0623. The van der Waals surface area contributed by atoms with E-state index in [2.05, 4.69) is 32.6 Å². The van der Waals surface area contributed by atoms with Gasteiger partial charge in [-0.3, -0.25) is 9.78 Å². The molecule has 6 nitrogen and oxygen atoms in total. The van der Waals surface area contributed by atoms with Gasteiger partial charge in [-0.2, -0.15) is 0 Å². The van der Waals surface area contributed by atoms with Gasteiger partial charge in [-0.05, 0) is 36.5 Å². The van der Waals surface area contributed by atoms with Crippen LogP contribution >= 0.6 is 11.8 Å². The maximum Gasteiger partial charge on any atom is 0.227 e. The maximum atomic E-state index is 13.1. The molecule has 1 aromatic carbocycles. The Morgan fingerprint density at radius 1 is 1.13 bits per heavy atom. The zero-order valence-corrected chi connectivity index (χ0v) is 18.7. The van der Waals surface area contributed by atoms with Crippen molar-refractivity contribution in [2.45, 2.75) is 48.9 Å². The zero-order chi connectivity index (χ0) is 21.5. The van der Waals surface area contributed by atoms with Crippen molar-refractivity contribution in [1.29, 1.82) is 0 Å². The monoisotopic (exact) mass is 435 g/mol. The normalized spacial score (nSPS) is 15.1. The number of pyridine rings is 1. The summed E-state index contributed by atoms with van der Waals surface area (Å²) >= 11 is 1.62. The lowest BCUT2D eigenvalue weighted by molar-refractivity contribution is -0.123. The molecule has 4 rings (SSSR count). The summed E-state index contributed by atoms with van der Waals surface area (Å²) in [6, 6.07) is 16.1. The highest BCUT2D eigenvalue weighted by Crippen LogP contribution is 2.37. The van der Waals surface area contributed by atoms with E-state index < -0.39 is 0 Å². The Bertz CT molecular complexity index is 970. The highest BCUT2D eigenvalue weighted by molar-refractivity contribution is 7.98. The summed E-state index contributed by atoms with van der Waals surface area (Å²) in [6.07, 6.45) is 7.17. The lowest BCUT2D eigenvalue weighted by Gasteiger charge is -2.23. The van der Waals surface area contributed by atoms with E-state index in [0.717, 1.165) is 40.8 Å². The number of amides is 1. The van der Waals surface area contributed by atoms with Crippen LogP contribution in [0.15, 0.2) is 59.9 Å². The van der Waals surface area contributed by atoms with Crippen molar-refractivity contribution >= 4 is 17.7 Å². The van der Waals surface area contributed by atoms with Crippen molar-refractivity contribution in [1.82, 2.24) is 25.1 Å². The Hall–Kier alpha value is -2.67. The first kappa shape index (κ1) is 21.6. The van der Waals surface area contributed by atoms with Gasteiger partial charge < -0.3 is 9.88 Å². The molecule has 31 heavy (non-hydrogen) atoms. The molecule has 1 atom stereocenters. The molecule has 1 fully saturated rings. The van der Waals surface area contributed by atoms with Crippen LogP contribution in [0.4, 0.5) is 0 Å². The zero-order valence-electron chi connectivity index (χ0n) is 17.9. The van der Waals surface area contributed by atoms with Gasteiger partial charge in [0.05, 0.1) is 11.6 Å². The molecule has 0 unspecified atom stereocenters. The summed E-state index contributed by atoms with van der Waals surface area (Å²) < 4.78 is 2.01. The molecule has 0 saturated heterocycles. The second-order valence-electron chi connectivity index (χ2n) is 8.04. The standard InChI is InChI=1S/C24H29N5OS/c1-29-21(27-28-24(29)31-17-20-13-7-8-15-25-20)14-16-26-23(30)22(19-11-5-6-12-19)18-9-3-2-4-10-18/h2-4,7-10,13,15,19,22H,5-6,11-12,14,16-17H2,1H3,(H,26,30)/t22-/m0/s1. The second-order valence-corrected chi connectivity index (χ2v) is 8.98. The minimum atomic E-state index is -0.0623. The van der Waals surface area contributed by atoms with Gasteiger partial charge in [-0.15, -0.1) is 10.2 Å². The quantitative estimate of drug-likeness (QED) is 0.512. The highest BCUT2D eigenvalue weighted by Gasteiger charge is 2.31. The first-order valence-corrected chi connectivity index (χ1v) is 11.9. The van der Waals surface area contributed by atoms with E-state index in [1.165, 1.54) is 12.8 Å². The number of nitrogens with one attached hydrogen (secondary N) is 1. The summed E-state index contributed by atoms with van der Waals surface area (Å²) in [7, 11) is 1.98. The first-order chi connectivity index (χ1) is 15.2. The third-order valence-corrected chi connectivity index (χ3v) is 7.01. The molecule has 1 N–H and O–H groups in total. The van der Waals surface area contributed by atoms with Gasteiger partial charge >= 0.3 is 0 Å². The van der Waals surface area contributed by atoms with E-state index in [1.807, 2.05) is 48.0 Å². The molecule has 162 valence electrons. The topological polar surface area (TPSA) is 72.7 Å². The number of aromatic nitrogens is 4. The van der Waals surface area contributed by atoms with Crippen molar-refractivity contribution in [2.75, 3.05) is 6.54 Å². The van der Waals surface area contributed by atoms with E-state index >= 15 is 0 Å². The van der Waals surface area contributed by atoms with Gasteiger partial charge in [0.2, 0.25) is 5.91 Å². The number of benzene rings is 1. The van der Waals surface area contributed by atoms with Crippen molar-refractivity contribution < 1.29 is 4.79 Å². The molecule has 0 aliphatic heterocycles. The number of rotatable bonds is 9. The van der Waals surface area contributed by atoms with Gasteiger partial charge in [0.1, 0.15) is 5.82 Å². The Kier molecular flexibility index (Phi) is 7.35. The third kappa shape index (κ3) is 5.53. The molecule has 3 aromatic rings. The van der Waals surface area contributed by atoms with Crippen LogP contribution in [0.3, 0.4) is 0 Å². The SMILES string of the molecule is Cn1c(CCNC(=O)[C@@H](c2ccccc2)C2CCCC2)nnc1SCc1ccccn1. The molecule has 1 amide bonds. The average molecular weight is 436 g/mol. The van der Waals surface area contributed by atoms with Gasteiger partial charge in [-0.25, -0.2) is 0 Å². The summed E-state index contributed by atoms with van der Waals surface area (Å²) in [5.41, 5.74) is 2.14. The molecular formula is C24H29N5OS. The molecule has 0 radical (unpaired) electrons. The Morgan fingerprint density at radius 3 is 2.65 bits per heavy atom. The molecule has 7 heteroatoms. The first-order valence-electron chi connectivity index (χ1n) is 11.0. The minimum Gasteiger partial charge on any atom is -0.355 e. The number of carbonyl (C=O) groups is 1. The molecular weight excluding hydrogens is 406 g/mol. The van der Waals surface area contributed by atoms with Gasteiger partial charge in [0, 0.05) is 32.0 Å². The van der Waals surface area contributed by atoms with Crippen molar-refractivity contribution in [3.63, 3.8) is 0 Å². The van der Waals surface area contributed by atoms with E-state index in [9.17, 15) is 4.79 Å².